The topological polar surface area (TPSA) is 61.9 Å². The van der Waals surface area contributed by atoms with Gasteiger partial charge in [0.15, 0.2) is 5.84 Å². The number of oxime groups is 1. The molecule has 4 rings (SSSR count). The molecule has 0 aromatic heterocycles. The molecule has 136 valence electrons. The molecule has 0 spiro atoms. The van der Waals surface area contributed by atoms with E-state index in [-0.39, 0.29) is 5.84 Å². The molecule has 2 atom stereocenters. The molecule has 0 saturated carbocycles. The van der Waals surface area contributed by atoms with E-state index in [9.17, 15) is 0 Å². The third kappa shape index (κ3) is 3.60. The van der Waals surface area contributed by atoms with E-state index < -0.39 is 0 Å². The zero-order valence-electron chi connectivity index (χ0n) is 14.8. The second-order valence-electron chi connectivity index (χ2n) is 7.16. The highest BCUT2D eigenvalue weighted by Gasteiger charge is 2.35. The molecule has 26 heavy (non-hydrogen) atoms. The molecule has 2 saturated heterocycles. The van der Waals surface area contributed by atoms with Crippen molar-refractivity contribution in [3.63, 3.8) is 0 Å². The predicted molar refractivity (Wildman–Crippen MR) is 106 cm³/mol. The molecule has 2 aromatic carbocycles. The molecule has 2 heterocycles. The van der Waals surface area contributed by atoms with Crippen LogP contribution in [-0.2, 0) is 0 Å². The van der Waals surface area contributed by atoms with E-state index in [1.54, 1.807) is 11.8 Å². The SMILES string of the molecule is NC(=NO)c1ccc(Sc2ccc(C3CCC4CCCCN43)cc2)cc1. The Morgan fingerprint density at radius 1 is 0.962 bits per heavy atom. The van der Waals surface area contributed by atoms with Crippen molar-refractivity contribution in [2.24, 2.45) is 10.9 Å². The summed E-state index contributed by atoms with van der Waals surface area (Å²) < 4.78 is 0. The fraction of sp³-hybridized carbons (Fsp3) is 0.381. The van der Waals surface area contributed by atoms with Crippen LogP contribution in [0.5, 0.6) is 0 Å². The third-order valence-electron chi connectivity index (χ3n) is 5.60. The fourth-order valence-corrected chi connectivity index (χ4v) is 5.08. The summed E-state index contributed by atoms with van der Waals surface area (Å²) in [4.78, 5) is 5.11. The molecule has 2 fully saturated rings. The third-order valence-corrected chi connectivity index (χ3v) is 6.62. The number of nitrogens with two attached hydrogens (primary N) is 1. The lowest BCUT2D eigenvalue weighted by Gasteiger charge is -2.34. The van der Waals surface area contributed by atoms with Crippen LogP contribution in [0.3, 0.4) is 0 Å². The summed E-state index contributed by atoms with van der Waals surface area (Å²) in [5.41, 5.74) is 7.79. The number of fused-ring (bicyclic) bond motifs is 1. The number of hydrogen-bond acceptors (Lipinski definition) is 4. The van der Waals surface area contributed by atoms with Gasteiger partial charge in [-0.05, 0) is 62.1 Å². The summed E-state index contributed by atoms with van der Waals surface area (Å²) in [5.74, 6) is 0.137. The van der Waals surface area contributed by atoms with Crippen molar-refractivity contribution in [1.82, 2.24) is 4.90 Å². The Hall–Kier alpha value is -1.98. The predicted octanol–water partition coefficient (Wildman–Crippen LogP) is 4.62. The minimum absolute atomic E-state index is 0.137. The normalized spacial score (nSPS) is 23.8. The van der Waals surface area contributed by atoms with Gasteiger partial charge in [0, 0.05) is 27.4 Å². The Balaban J connectivity index is 1.43. The zero-order chi connectivity index (χ0) is 17.9. The largest absolute Gasteiger partial charge is 0.409 e. The minimum atomic E-state index is 0.137. The number of nitrogens with zero attached hydrogens (tertiary/aromatic N) is 2. The highest BCUT2D eigenvalue weighted by Crippen LogP contribution is 2.40. The van der Waals surface area contributed by atoms with Gasteiger partial charge in [-0.15, -0.1) is 0 Å². The maximum atomic E-state index is 8.74. The number of benzene rings is 2. The lowest BCUT2D eigenvalue weighted by atomic mass is 10.0. The van der Waals surface area contributed by atoms with Gasteiger partial charge in [-0.1, -0.05) is 47.6 Å². The van der Waals surface area contributed by atoms with Gasteiger partial charge in [-0.3, -0.25) is 4.90 Å². The molecule has 0 bridgehead atoms. The average Bonchev–Trinajstić information content (AvgIpc) is 3.13. The molecular formula is C21H25N3OS. The summed E-state index contributed by atoms with van der Waals surface area (Å²) in [6, 6.07) is 18.2. The molecule has 5 heteroatoms. The summed E-state index contributed by atoms with van der Waals surface area (Å²) in [6.07, 6.45) is 6.78. The Morgan fingerprint density at radius 2 is 1.65 bits per heavy atom. The maximum Gasteiger partial charge on any atom is 0.170 e. The van der Waals surface area contributed by atoms with E-state index in [0.29, 0.717) is 6.04 Å². The van der Waals surface area contributed by atoms with Crippen molar-refractivity contribution < 1.29 is 5.21 Å². The van der Waals surface area contributed by atoms with Crippen LogP contribution in [0, 0.1) is 0 Å². The second-order valence-corrected chi connectivity index (χ2v) is 8.31. The second kappa shape index (κ2) is 7.72. The smallest absolute Gasteiger partial charge is 0.170 e. The molecule has 0 amide bonds. The van der Waals surface area contributed by atoms with Gasteiger partial charge in [0.05, 0.1) is 0 Å². The molecule has 4 nitrogen and oxygen atoms in total. The number of hydrogen-bond donors (Lipinski definition) is 2. The molecule has 2 unspecified atom stereocenters. The Kier molecular flexibility index (Phi) is 5.18. The van der Waals surface area contributed by atoms with Crippen LogP contribution < -0.4 is 5.73 Å². The zero-order valence-corrected chi connectivity index (χ0v) is 15.7. The maximum absolute atomic E-state index is 8.74. The van der Waals surface area contributed by atoms with Crippen LogP contribution in [0.25, 0.3) is 0 Å². The van der Waals surface area contributed by atoms with Crippen molar-refractivity contribution in [1.29, 1.82) is 0 Å². The van der Waals surface area contributed by atoms with E-state index in [1.165, 1.54) is 49.1 Å². The molecule has 0 aliphatic carbocycles. The monoisotopic (exact) mass is 367 g/mol. The van der Waals surface area contributed by atoms with Gasteiger partial charge in [0.25, 0.3) is 0 Å². The van der Waals surface area contributed by atoms with Gasteiger partial charge in [0.2, 0.25) is 0 Å². The van der Waals surface area contributed by atoms with Crippen LogP contribution in [-0.4, -0.2) is 28.5 Å². The Bertz CT molecular complexity index is 773. The summed E-state index contributed by atoms with van der Waals surface area (Å²) in [5, 5.41) is 11.8. The highest BCUT2D eigenvalue weighted by atomic mass is 32.2. The fourth-order valence-electron chi connectivity index (χ4n) is 4.26. The van der Waals surface area contributed by atoms with E-state index in [0.717, 1.165) is 16.5 Å². The van der Waals surface area contributed by atoms with Crippen molar-refractivity contribution in [3.05, 3.63) is 59.7 Å². The summed E-state index contributed by atoms with van der Waals surface area (Å²) >= 11 is 1.73. The molecule has 0 radical (unpaired) electrons. The number of piperidine rings is 1. The quantitative estimate of drug-likeness (QED) is 0.358. The summed E-state index contributed by atoms with van der Waals surface area (Å²) in [7, 11) is 0. The summed E-state index contributed by atoms with van der Waals surface area (Å²) in [6.45, 7) is 1.26. The van der Waals surface area contributed by atoms with E-state index >= 15 is 0 Å². The van der Waals surface area contributed by atoms with Crippen LogP contribution in [0.2, 0.25) is 0 Å². The molecule has 2 aliphatic heterocycles. The molecule has 2 aliphatic rings. The first kappa shape index (κ1) is 17.4. The molecule has 2 aromatic rings. The first-order chi connectivity index (χ1) is 12.7. The molecule has 3 N–H and O–H groups in total. The van der Waals surface area contributed by atoms with Gasteiger partial charge in [-0.2, -0.15) is 0 Å². The van der Waals surface area contributed by atoms with E-state index in [1.807, 2.05) is 24.3 Å². The Labute approximate surface area is 159 Å². The standard InChI is InChI=1S/C21H25N3OS/c22-21(23-25)16-6-11-19(12-7-16)26-18-9-4-15(5-10-18)20-13-8-17-3-1-2-14-24(17)20/h4-7,9-12,17,20,25H,1-3,8,13-14H2,(H2,22,23). The first-order valence-corrected chi connectivity index (χ1v) is 10.2. The average molecular weight is 368 g/mol. The van der Waals surface area contributed by atoms with Gasteiger partial charge in [0.1, 0.15) is 0 Å². The van der Waals surface area contributed by atoms with E-state index in [2.05, 4.69) is 34.3 Å². The van der Waals surface area contributed by atoms with E-state index in [4.69, 9.17) is 10.9 Å². The number of rotatable bonds is 4. The Morgan fingerprint density at radius 3 is 2.35 bits per heavy atom. The van der Waals surface area contributed by atoms with Crippen LogP contribution in [0.4, 0.5) is 0 Å². The van der Waals surface area contributed by atoms with Crippen molar-refractivity contribution in [3.8, 4) is 0 Å². The molecular weight excluding hydrogens is 342 g/mol. The number of amidine groups is 1. The van der Waals surface area contributed by atoms with Crippen LogP contribution >= 0.6 is 11.8 Å². The lowest BCUT2D eigenvalue weighted by molar-refractivity contribution is 0.150. The van der Waals surface area contributed by atoms with Crippen LogP contribution in [0.15, 0.2) is 63.5 Å². The van der Waals surface area contributed by atoms with Gasteiger partial charge >= 0.3 is 0 Å². The lowest BCUT2D eigenvalue weighted by Crippen LogP contribution is -2.35. The van der Waals surface area contributed by atoms with Crippen LogP contribution in [0.1, 0.15) is 49.3 Å². The minimum Gasteiger partial charge on any atom is -0.409 e. The van der Waals surface area contributed by atoms with Crippen molar-refractivity contribution >= 4 is 17.6 Å². The van der Waals surface area contributed by atoms with Gasteiger partial charge in [-0.25, -0.2) is 0 Å². The van der Waals surface area contributed by atoms with Crippen molar-refractivity contribution in [2.45, 2.75) is 54.0 Å². The van der Waals surface area contributed by atoms with Gasteiger partial charge < -0.3 is 10.9 Å². The van der Waals surface area contributed by atoms with Crippen molar-refractivity contribution in [2.75, 3.05) is 6.54 Å². The highest BCUT2D eigenvalue weighted by molar-refractivity contribution is 7.99. The first-order valence-electron chi connectivity index (χ1n) is 9.36.